The molecule has 0 aromatic heterocycles. The van der Waals surface area contributed by atoms with Crippen molar-refractivity contribution in [3.63, 3.8) is 0 Å². The summed E-state index contributed by atoms with van der Waals surface area (Å²) in [4.78, 5) is 13.3. The number of carbonyl (C=O) groups excluding carboxylic acids is 1. The number of nitrogens with zero attached hydrogens (tertiary/aromatic N) is 1. The fraction of sp³-hybridized carbons (Fsp3) is 0.909. The van der Waals surface area contributed by atoms with Crippen LogP contribution in [-0.4, -0.2) is 43.3 Å². The summed E-state index contributed by atoms with van der Waals surface area (Å²) in [5.41, 5.74) is 0. The van der Waals surface area contributed by atoms with Crippen LogP contribution in [-0.2, 0) is 9.53 Å². The predicted molar refractivity (Wildman–Crippen MR) is 59.5 cm³/mol. The minimum atomic E-state index is -0.00832. The monoisotopic (exact) mass is 214 g/mol. The van der Waals surface area contributed by atoms with Gasteiger partial charge in [0.15, 0.2) is 0 Å². The van der Waals surface area contributed by atoms with Gasteiger partial charge in [-0.2, -0.15) is 0 Å². The van der Waals surface area contributed by atoms with Gasteiger partial charge in [0.1, 0.15) is 0 Å². The van der Waals surface area contributed by atoms with Crippen molar-refractivity contribution in [1.82, 2.24) is 10.2 Å². The molecule has 1 aliphatic heterocycles. The average molecular weight is 214 g/mol. The second kappa shape index (κ2) is 6.80. The summed E-state index contributed by atoms with van der Waals surface area (Å²) in [6, 6.07) is -0.00832. The zero-order chi connectivity index (χ0) is 11.1. The first kappa shape index (κ1) is 12.5. The molecule has 0 aromatic rings. The van der Waals surface area contributed by atoms with Crippen LogP contribution in [0.1, 0.15) is 33.1 Å². The lowest BCUT2D eigenvalue weighted by atomic mass is 10.3. The van der Waals surface area contributed by atoms with Crippen molar-refractivity contribution in [3.8, 4) is 0 Å². The van der Waals surface area contributed by atoms with Gasteiger partial charge in [-0.25, -0.2) is 0 Å². The lowest BCUT2D eigenvalue weighted by molar-refractivity contribution is -0.128. The van der Waals surface area contributed by atoms with Crippen molar-refractivity contribution in [2.45, 2.75) is 39.2 Å². The van der Waals surface area contributed by atoms with E-state index < -0.39 is 0 Å². The molecule has 1 aliphatic rings. The van der Waals surface area contributed by atoms with E-state index in [0.29, 0.717) is 6.67 Å². The van der Waals surface area contributed by atoms with Crippen molar-refractivity contribution in [1.29, 1.82) is 0 Å². The number of carbonyl (C=O) groups is 1. The van der Waals surface area contributed by atoms with Crippen LogP contribution < -0.4 is 5.32 Å². The van der Waals surface area contributed by atoms with E-state index in [9.17, 15) is 4.79 Å². The maximum Gasteiger partial charge on any atom is 0.240 e. The fourth-order valence-electron chi connectivity index (χ4n) is 1.58. The molecule has 0 aliphatic carbocycles. The SMILES string of the molecule is CCCCOCCCN1CNC(C)C1=O. The van der Waals surface area contributed by atoms with E-state index in [0.717, 1.165) is 32.6 Å². The highest BCUT2D eigenvalue weighted by atomic mass is 16.5. The van der Waals surface area contributed by atoms with Gasteiger partial charge in [0, 0.05) is 19.8 Å². The normalized spacial score (nSPS) is 21.3. The Morgan fingerprint density at radius 2 is 2.20 bits per heavy atom. The van der Waals surface area contributed by atoms with E-state index in [4.69, 9.17) is 4.74 Å². The molecule has 4 nitrogen and oxygen atoms in total. The Balaban J connectivity index is 1.98. The smallest absolute Gasteiger partial charge is 0.240 e. The third-order valence-corrected chi connectivity index (χ3v) is 2.63. The van der Waals surface area contributed by atoms with Gasteiger partial charge in [0.2, 0.25) is 5.91 Å². The molecule has 0 aromatic carbocycles. The number of hydrogen-bond acceptors (Lipinski definition) is 3. The van der Waals surface area contributed by atoms with Crippen molar-refractivity contribution < 1.29 is 9.53 Å². The van der Waals surface area contributed by atoms with Crippen LogP contribution in [0.25, 0.3) is 0 Å². The molecule has 1 saturated heterocycles. The van der Waals surface area contributed by atoms with Gasteiger partial charge >= 0.3 is 0 Å². The molecule has 1 heterocycles. The summed E-state index contributed by atoms with van der Waals surface area (Å²) in [6.07, 6.45) is 3.23. The molecule has 88 valence electrons. The second-order valence-electron chi connectivity index (χ2n) is 4.01. The van der Waals surface area contributed by atoms with Crippen LogP contribution in [0.2, 0.25) is 0 Å². The number of hydrogen-bond donors (Lipinski definition) is 1. The lowest BCUT2D eigenvalue weighted by Crippen LogP contribution is -2.29. The minimum Gasteiger partial charge on any atom is -0.381 e. The molecule has 0 bridgehead atoms. The van der Waals surface area contributed by atoms with Gasteiger partial charge in [0.25, 0.3) is 0 Å². The molecule has 0 radical (unpaired) electrons. The lowest BCUT2D eigenvalue weighted by Gasteiger charge is -2.14. The summed E-state index contributed by atoms with van der Waals surface area (Å²) < 4.78 is 5.44. The van der Waals surface area contributed by atoms with Crippen molar-refractivity contribution in [2.75, 3.05) is 26.4 Å². The van der Waals surface area contributed by atoms with E-state index in [-0.39, 0.29) is 11.9 Å². The molecular formula is C11H22N2O2. The Hall–Kier alpha value is -0.610. The van der Waals surface area contributed by atoms with Crippen molar-refractivity contribution in [2.24, 2.45) is 0 Å². The first-order chi connectivity index (χ1) is 7.25. The highest BCUT2D eigenvalue weighted by Crippen LogP contribution is 2.03. The quantitative estimate of drug-likeness (QED) is 0.642. The first-order valence-corrected chi connectivity index (χ1v) is 5.85. The number of nitrogens with one attached hydrogen (secondary N) is 1. The standard InChI is InChI=1S/C11H22N2O2/c1-3-4-7-15-8-5-6-13-9-12-10(2)11(13)14/h10,12H,3-9H2,1-2H3. The summed E-state index contributed by atoms with van der Waals surface area (Å²) >= 11 is 0. The van der Waals surface area contributed by atoms with Crippen molar-refractivity contribution in [3.05, 3.63) is 0 Å². The van der Waals surface area contributed by atoms with Gasteiger partial charge in [0.05, 0.1) is 12.7 Å². The van der Waals surface area contributed by atoms with Crippen LogP contribution in [0.15, 0.2) is 0 Å². The van der Waals surface area contributed by atoms with Crippen LogP contribution in [0, 0.1) is 0 Å². The van der Waals surface area contributed by atoms with E-state index in [2.05, 4.69) is 12.2 Å². The maximum absolute atomic E-state index is 11.5. The van der Waals surface area contributed by atoms with Gasteiger partial charge in [-0.3, -0.25) is 10.1 Å². The molecule has 0 spiro atoms. The molecule has 1 amide bonds. The molecule has 1 rings (SSSR count). The van der Waals surface area contributed by atoms with Crippen LogP contribution in [0.4, 0.5) is 0 Å². The highest BCUT2D eigenvalue weighted by Gasteiger charge is 2.26. The average Bonchev–Trinajstić information content (AvgIpc) is 2.54. The molecule has 1 fully saturated rings. The zero-order valence-corrected chi connectivity index (χ0v) is 9.79. The fourth-order valence-corrected chi connectivity index (χ4v) is 1.58. The Kier molecular flexibility index (Phi) is 5.65. The van der Waals surface area contributed by atoms with E-state index in [1.54, 1.807) is 0 Å². The highest BCUT2D eigenvalue weighted by molar-refractivity contribution is 5.83. The Morgan fingerprint density at radius 1 is 1.47 bits per heavy atom. The zero-order valence-electron chi connectivity index (χ0n) is 9.79. The molecule has 0 saturated carbocycles. The maximum atomic E-state index is 11.5. The van der Waals surface area contributed by atoms with E-state index in [1.807, 2.05) is 11.8 Å². The second-order valence-corrected chi connectivity index (χ2v) is 4.01. The Labute approximate surface area is 92.0 Å². The summed E-state index contributed by atoms with van der Waals surface area (Å²) in [5, 5.41) is 3.12. The predicted octanol–water partition coefficient (Wildman–Crippen LogP) is 0.971. The molecular weight excluding hydrogens is 192 g/mol. The molecule has 15 heavy (non-hydrogen) atoms. The van der Waals surface area contributed by atoms with E-state index >= 15 is 0 Å². The van der Waals surface area contributed by atoms with Gasteiger partial charge < -0.3 is 9.64 Å². The third kappa shape index (κ3) is 4.18. The summed E-state index contributed by atoms with van der Waals surface area (Å²) in [6.45, 7) is 7.16. The molecule has 1 atom stereocenters. The summed E-state index contributed by atoms with van der Waals surface area (Å²) in [5.74, 6) is 0.212. The van der Waals surface area contributed by atoms with Crippen LogP contribution in [0.3, 0.4) is 0 Å². The molecule has 4 heteroatoms. The topological polar surface area (TPSA) is 41.6 Å². The number of rotatable bonds is 7. The number of unbranched alkanes of at least 4 members (excludes halogenated alkanes) is 1. The van der Waals surface area contributed by atoms with Crippen LogP contribution >= 0.6 is 0 Å². The number of amides is 1. The Bertz CT molecular complexity index is 197. The van der Waals surface area contributed by atoms with Gasteiger partial charge in [-0.05, 0) is 19.8 Å². The summed E-state index contributed by atoms with van der Waals surface area (Å²) in [7, 11) is 0. The number of ether oxygens (including phenoxy) is 1. The first-order valence-electron chi connectivity index (χ1n) is 5.85. The third-order valence-electron chi connectivity index (χ3n) is 2.63. The van der Waals surface area contributed by atoms with Gasteiger partial charge in [-0.15, -0.1) is 0 Å². The van der Waals surface area contributed by atoms with E-state index in [1.165, 1.54) is 6.42 Å². The van der Waals surface area contributed by atoms with Crippen LogP contribution in [0.5, 0.6) is 0 Å². The van der Waals surface area contributed by atoms with Gasteiger partial charge in [-0.1, -0.05) is 13.3 Å². The Morgan fingerprint density at radius 3 is 2.80 bits per heavy atom. The van der Waals surface area contributed by atoms with Crippen molar-refractivity contribution >= 4 is 5.91 Å². The molecule has 1 unspecified atom stereocenters. The minimum absolute atomic E-state index is 0.00832. The molecule has 1 N–H and O–H groups in total. The largest absolute Gasteiger partial charge is 0.381 e.